The maximum Gasteiger partial charge on any atom is 0.398 e. The summed E-state index contributed by atoms with van der Waals surface area (Å²) in [4.78, 5) is 30.6. The summed E-state index contributed by atoms with van der Waals surface area (Å²) in [7, 11) is 0. The van der Waals surface area contributed by atoms with Gasteiger partial charge in [-0.05, 0) is 30.7 Å². The Balaban J connectivity index is 2.17. The van der Waals surface area contributed by atoms with Crippen molar-refractivity contribution >= 4 is 40.2 Å². The van der Waals surface area contributed by atoms with Crippen LogP contribution >= 0.6 is 11.6 Å². The quantitative estimate of drug-likeness (QED) is 0.383. The minimum atomic E-state index is -0.982. The normalized spacial score (nSPS) is 10.1. The molecule has 0 fully saturated rings. The summed E-state index contributed by atoms with van der Waals surface area (Å²) < 4.78 is 4.55. The van der Waals surface area contributed by atoms with E-state index in [1.165, 1.54) is 0 Å². The maximum atomic E-state index is 11.4. The number of hydrogen-bond acceptors (Lipinski definition) is 6. The molecule has 1 heterocycles. The number of hydrogen-bond donors (Lipinski definition) is 2. The number of amides is 1. The van der Waals surface area contributed by atoms with Crippen molar-refractivity contribution in [2.75, 3.05) is 12.0 Å². The van der Waals surface area contributed by atoms with E-state index in [0.29, 0.717) is 16.7 Å². The number of carbonyl (C=O) groups excluding carboxylic acids is 2. The van der Waals surface area contributed by atoms with E-state index in [2.05, 4.69) is 25.6 Å². The molecule has 0 spiro atoms. The molecule has 0 aliphatic rings. The van der Waals surface area contributed by atoms with Crippen molar-refractivity contribution < 1.29 is 14.3 Å². The van der Waals surface area contributed by atoms with Crippen LogP contribution in [0.4, 0.5) is 5.82 Å². The van der Waals surface area contributed by atoms with Gasteiger partial charge in [0.05, 0.1) is 12.1 Å². The van der Waals surface area contributed by atoms with Crippen LogP contribution in [-0.4, -0.2) is 28.5 Å². The summed E-state index contributed by atoms with van der Waals surface area (Å²) in [6.45, 7) is 1.73. The Morgan fingerprint density at radius 1 is 1.30 bits per heavy atom. The van der Waals surface area contributed by atoms with Crippen LogP contribution in [0.1, 0.15) is 6.92 Å². The summed E-state index contributed by atoms with van der Waals surface area (Å²) in [5.41, 5.74) is 5.33. The van der Waals surface area contributed by atoms with Crippen molar-refractivity contribution in [2.45, 2.75) is 6.92 Å². The van der Waals surface area contributed by atoms with Crippen LogP contribution in [0.2, 0.25) is 5.28 Å². The third kappa shape index (κ3) is 3.12. The van der Waals surface area contributed by atoms with E-state index in [1.807, 2.05) is 0 Å². The van der Waals surface area contributed by atoms with Gasteiger partial charge in [-0.1, -0.05) is 12.1 Å². The second-order valence-corrected chi connectivity index (χ2v) is 4.00. The molecule has 1 aromatic carbocycles. The SMILES string of the molecule is CCOC(=O)C(=O)NNc1nc(Cl)nc2ccccc12. The van der Waals surface area contributed by atoms with Gasteiger partial charge in [-0.3, -0.25) is 15.6 Å². The number of halogens is 1. The fourth-order valence-corrected chi connectivity index (χ4v) is 1.68. The lowest BCUT2D eigenvalue weighted by Crippen LogP contribution is -2.36. The molecule has 1 amide bonds. The van der Waals surface area contributed by atoms with Gasteiger partial charge in [0.25, 0.3) is 0 Å². The van der Waals surface area contributed by atoms with Gasteiger partial charge in [-0.15, -0.1) is 0 Å². The largest absolute Gasteiger partial charge is 0.459 e. The number of para-hydroxylation sites is 1. The van der Waals surface area contributed by atoms with Gasteiger partial charge in [0, 0.05) is 5.39 Å². The Kier molecular flexibility index (Phi) is 4.31. The fraction of sp³-hybridized carbons (Fsp3) is 0.167. The highest BCUT2D eigenvalue weighted by atomic mass is 35.5. The summed E-state index contributed by atoms with van der Waals surface area (Å²) >= 11 is 5.78. The monoisotopic (exact) mass is 294 g/mol. The number of nitrogens with zero attached hydrogens (tertiary/aromatic N) is 2. The number of benzene rings is 1. The average molecular weight is 295 g/mol. The van der Waals surface area contributed by atoms with E-state index in [-0.39, 0.29) is 11.9 Å². The molecule has 7 nitrogen and oxygen atoms in total. The molecule has 104 valence electrons. The van der Waals surface area contributed by atoms with E-state index in [1.54, 1.807) is 31.2 Å². The molecular weight excluding hydrogens is 284 g/mol. The molecule has 0 atom stereocenters. The van der Waals surface area contributed by atoms with Crippen molar-refractivity contribution in [2.24, 2.45) is 0 Å². The standard InChI is InChI=1S/C12H11ClN4O3/c1-2-20-11(19)10(18)17-16-9-7-5-3-4-6-8(7)14-12(13)15-9/h3-6H,2H2,1H3,(H,17,18)(H,14,15,16). The Hall–Kier alpha value is -2.41. The molecule has 20 heavy (non-hydrogen) atoms. The van der Waals surface area contributed by atoms with Crippen LogP contribution in [0.15, 0.2) is 24.3 Å². The topological polar surface area (TPSA) is 93.2 Å². The first kappa shape index (κ1) is 14.0. The van der Waals surface area contributed by atoms with Gasteiger partial charge in [0.1, 0.15) is 0 Å². The van der Waals surface area contributed by atoms with Crippen LogP contribution in [-0.2, 0) is 14.3 Å². The molecule has 2 aromatic rings. The summed E-state index contributed by atoms with van der Waals surface area (Å²) in [5.74, 6) is -1.62. The molecule has 0 aliphatic heterocycles. The summed E-state index contributed by atoms with van der Waals surface area (Å²) in [5, 5.41) is 0.678. The Morgan fingerprint density at radius 2 is 2.05 bits per heavy atom. The van der Waals surface area contributed by atoms with Crippen LogP contribution in [0.3, 0.4) is 0 Å². The molecule has 0 saturated carbocycles. The molecule has 8 heteroatoms. The van der Waals surface area contributed by atoms with Gasteiger partial charge < -0.3 is 4.74 Å². The molecular formula is C12H11ClN4O3. The van der Waals surface area contributed by atoms with Crippen molar-refractivity contribution in [3.8, 4) is 0 Å². The predicted molar refractivity (Wildman–Crippen MR) is 72.9 cm³/mol. The third-order valence-electron chi connectivity index (χ3n) is 2.33. The molecule has 1 aromatic heterocycles. The first-order valence-corrected chi connectivity index (χ1v) is 6.15. The number of esters is 1. The number of anilines is 1. The highest BCUT2D eigenvalue weighted by Crippen LogP contribution is 2.20. The van der Waals surface area contributed by atoms with Gasteiger partial charge in [0.2, 0.25) is 5.28 Å². The molecule has 0 unspecified atom stereocenters. The lowest BCUT2D eigenvalue weighted by atomic mass is 10.2. The van der Waals surface area contributed by atoms with Gasteiger partial charge >= 0.3 is 11.9 Å². The molecule has 2 rings (SSSR count). The van der Waals surface area contributed by atoms with E-state index in [9.17, 15) is 9.59 Å². The zero-order chi connectivity index (χ0) is 14.5. The Morgan fingerprint density at radius 3 is 2.80 bits per heavy atom. The Bertz CT molecular complexity index is 662. The van der Waals surface area contributed by atoms with Crippen LogP contribution in [0, 0.1) is 0 Å². The first-order valence-electron chi connectivity index (χ1n) is 5.77. The minimum Gasteiger partial charge on any atom is -0.459 e. The average Bonchev–Trinajstić information content (AvgIpc) is 2.44. The second-order valence-electron chi connectivity index (χ2n) is 3.66. The maximum absolute atomic E-state index is 11.4. The number of aromatic nitrogens is 2. The van der Waals surface area contributed by atoms with E-state index in [0.717, 1.165) is 0 Å². The molecule has 0 aliphatic carbocycles. The number of fused-ring (bicyclic) bond motifs is 1. The molecule has 2 N–H and O–H groups in total. The van der Waals surface area contributed by atoms with Crippen molar-refractivity contribution in [3.05, 3.63) is 29.5 Å². The van der Waals surface area contributed by atoms with Gasteiger partial charge in [-0.25, -0.2) is 9.78 Å². The van der Waals surface area contributed by atoms with Crippen LogP contribution in [0.25, 0.3) is 10.9 Å². The number of carbonyl (C=O) groups is 2. The van der Waals surface area contributed by atoms with E-state index >= 15 is 0 Å². The lowest BCUT2D eigenvalue weighted by Gasteiger charge is -2.09. The second kappa shape index (κ2) is 6.16. The van der Waals surface area contributed by atoms with Crippen LogP contribution < -0.4 is 10.9 Å². The zero-order valence-corrected chi connectivity index (χ0v) is 11.3. The predicted octanol–water partition coefficient (Wildman–Crippen LogP) is 1.29. The summed E-state index contributed by atoms with van der Waals surface area (Å²) in [6, 6.07) is 7.09. The van der Waals surface area contributed by atoms with Gasteiger partial charge in [0.15, 0.2) is 5.82 Å². The number of hydrazine groups is 1. The van der Waals surface area contributed by atoms with E-state index < -0.39 is 11.9 Å². The minimum absolute atomic E-state index is 0.0246. The number of nitrogens with one attached hydrogen (secondary N) is 2. The van der Waals surface area contributed by atoms with Crippen LogP contribution in [0.5, 0.6) is 0 Å². The zero-order valence-electron chi connectivity index (χ0n) is 10.5. The summed E-state index contributed by atoms with van der Waals surface area (Å²) in [6.07, 6.45) is 0. The first-order chi connectivity index (χ1) is 9.61. The number of ether oxygens (including phenoxy) is 1. The molecule has 0 bridgehead atoms. The van der Waals surface area contributed by atoms with Gasteiger partial charge in [-0.2, -0.15) is 4.98 Å². The van der Waals surface area contributed by atoms with Crippen molar-refractivity contribution in [3.63, 3.8) is 0 Å². The fourth-order valence-electron chi connectivity index (χ4n) is 1.51. The van der Waals surface area contributed by atoms with Crippen molar-refractivity contribution in [1.82, 2.24) is 15.4 Å². The van der Waals surface area contributed by atoms with E-state index in [4.69, 9.17) is 11.6 Å². The Labute approximate surface area is 119 Å². The van der Waals surface area contributed by atoms with Crippen molar-refractivity contribution in [1.29, 1.82) is 0 Å². The smallest absolute Gasteiger partial charge is 0.398 e. The highest BCUT2D eigenvalue weighted by Gasteiger charge is 2.15. The highest BCUT2D eigenvalue weighted by molar-refractivity contribution is 6.32. The third-order valence-corrected chi connectivity index (χ3v) is 2.50. The number of rotatable bonds is 3. The lowest BCUT2D eigenvalue weighted by molar-refractivity contribution is -0.154. The molecule has 0 radical (unpaired) electrons. The molecule has 0 saturated heterocycles.